The zero-order valence-electron chi connectivity index (χ0n) is 11.6. The van der Waals surface area contributed by atoms with Gasteiger partial charge in [-0.3, -0.25) is 4.90 Å². The first kappa shape index (κ1) is 14.1. The van der Waals surface area contributed by atoms with Crippen LogP contribution in [0.5, 0.6) is 0 Å². The van der Waals surface area contributed by atoms with Crippen molar-refractivity contribution in [2.24, 2.45) is 5.92 Å². The molecule has 19 heavy (non-hydrogen) atoms. The molecule has 104 valence electrons. The van der Waals surface area contributed by atoms with E-state index in [9.17, 15) is 4.79 Å². The minimum Gasteiger partial charge on any atom is -0.478 e. The number of carboxylic acid groups (broad SMARTS) is 1. The van der Waals surface area contributed by atoms with Crippen LogP contribution in [0.15, 0.2) is 24.3 Å². The average molecular weight is 261 g/mol. The number of benzene rings is 1. The fraction of sp³-hybridized carbons (Fsp3) is 0.562. The molecule has 1 aromatic rings. The summed E-state index contributed by atoms with van der Waals surface area (Å²) in [5.74, 6) is -0.00965. The van der Waals surface area contributed by atoms with E-state index in [1.807, 2.05) is 12.1 Å². The van der Waals surface area contributed by atoms with Crippen molar-refractivity contribution < 1.29 is 9.90 Å². The Hall–Kier alpha value is -1.35. The summed E-state index contributed by atoms with van der Waals surface area (Å²) >= 11 is 0. The molecule has 1 aromatic carbocycles. The topological polar surface area (TPSA) is 40.5 Å². The summed E-state index contributed by atoms with van der Waals surface area (Å²) in [5, 5.41) is 8.88. The van der Waals surface area contributed by atoms with Crippen molar-refractivity contribution in [2.45, 2.75) is 39.2 Å². The largest absolute Gasteiger partial charge is 0.478 e. The highest BCUT2D eigenvalue weighted by atomic mass is 16.4. The number of likely N-dealkylation sites (tertiary alicyclic amines) is 1. The van der Waals surface area contributed by atoms with Gasteiger partial charge in [-0.05, 0) is 49.4 Å². The molecule has 1 atom stereocenters. The lowest BCUT2D eigenvalue weighted by molar-refractivity contribution is 0.0697. The lowest BCUT2D eigenvalue weighted by Crippen LogP contribution is -2.34. The third kappa shape index (κ3) is 4.06. The van der Waals surface area contributed by atoms with Gasteiger partial charge in [0.15, 0.2) is 0 Å². The second-order valence-electron chi connectivity index (χ2n) is 5.53. The molecule has 3 heteroatoms. The zero-order valence-corrected chi connectivity index (χ0v) is 11.6. The van der Waals surface area contributed by atoms with Crippen molar-refractivity contribution in [2.75, 3.05) is 13.1 Å². The number of aromatic carboxylic acids is 1. The third-order valence-corrected chi connectivity index (χ3v) is 3.91. The van der Waals surface area contributed by atoms with Crippen molar-refractivity contribution in [3.05, 3.63) is 35.4 Å². The highest BCUT2D eigenvalue weighted by Gasteiger charge is 2.19. The quantitative estimate of drug-likeness (QED) is 0.883. The maximum absolute atomic E-state index is 10.8. The summed E-state index contributed by atoms with van der Waals surface area (Å²) in [7, 11) is 0. The van der Waals surface area contributed by atoms with Gasteiger partial charge in [0.1, 0.15) is 0 Å². The Kier molecular flexibility index (Phi) is 4.97. The molecule has 1 heterocycles. The molecule has 1 saturated heterocycles. The van der Waals surface area contributed by atoms with Gasteiger partial charge in [-0.2, -0.15) is 0 Å². The number of piperidine rings is 1. The monoisotopic (exact) mass is 261 g/mol. The molecule has 1 fully saturated rings. The Balaban J connectivity index is 1.91. The highest BCUT2D eigenvalue weighted by Crippen LogP contribution is 2.22. The molecule has 0 saturated carbocycles. The Morgan fingerprint density at radius 3 is 2.74 bits per heavy atom. The van der Waals surface area contributed by atoms with Crippen LogP contribution in [0.4, 0.5) is 0 Å². The number of rotatable bonds is 5. The fourth-order valence-electron chi connectivity index (χ4n) is 2.95. The molecule has 0 amide bonds. The minimum absolute atomic E-state index is 0.367. The molecule has 1 aliphatic rings. The van der Waals surface area contributed by atoms with E-state index >= 15 is 0 Å². The third-order valence-electron chi connectivity index (χ3n) is 3.91. The van der Waals surface area contributed by atoms with Crippen LogP contribution in [0.25, 0.3) is 0 Å². The molecular formula is C16H23NO2. The Morgan fingerprint density at radius 2 is 2.11 bits per heavy atom. The first-order valence-corrected chi connectivity index (χ1v) is 7.23. The smallest absolute Gasteiger partial charge is 0.335 e. The van der Waals surface area contributed by atoms with E-state index in [0.717, 1.165) is 12.5 Å². The fourth-order valence-corrected chi connectivity index (χ4v) is 2.95. The number of hydrogen-bond acceptors (Lipinski definition) is 2. The van der Waals surface area contributed by atoms with Gasteiger partial charge in [-0.1, -0.05) is 25.5 Å². The van der Waals surface area contributed by atoms with Gasteiger partial charge < -0.3 is 5.11 Å². The molecule has 3 nitrogen and oxygen atoms in total. The normalized spacial score (nSPS) is 20.4. The van der Waals surface area contributed by atoms with Crippen molar-refractivity contribution in [3.8, 4) is 0 Å². The molecular weight excluding hydrogens is 238 g/mol. The Bertz CT molecular complexity index is 411. The predicted octanol–water partition coefficient (Wildman–Crippen LogP) is 3.40. The van der Waals surface area contributed by atoms with Crippen LogP contribution in [-0.4, -0.2) is 29.1 Å². The Labute approximate surface area is 115 Å². The SMILES string of the molecule is CCCC1CCCN(Cc2ccc(C(=O)O)cc2)C1. The number of nitrogens with zero attached hydrogens (tertiary/aromatic N) is 1. The van der Waals surface area contributed by atoms with E-state index in [4.69, 9.17) is 5.11 Å². The lowest BCUT2D eigenvalue weighted by Gasteiger charge is -2.32. The molecule has 1 N–H and O–H groups in total. The van der Waals surface area contributed by atoms with Gasteiger partial charge in [0.25, 0.3) is 0 Å². The number of carbonyl (C=O) groups is 1. The first-order valence-electron chi connectivity index (χ1n) is 7.23. The summed E-state index contributed by atoms with van der Waals surface area (Å²) in [6.45, 7) is 5.55. The van der Waals surface area contributed by atoms with Crippen LogP contribution >= 0.6 is 0 Å². The van der Waals surface area contributed by atoms with Gasteiger partial charge in [-0.25, -0.2) is 4.79 Å². The van der Waals surface area contributed by atoms with Crippen LogP contribution < -0.4 is 0 Å². The van der Waals surface area contributed by atoms with Gasteiger partial charge in [0.2, 0.25) is 0 Å². The minimum atomic E-state index is -0.854. The van der Waals surface area contributed by atoms with E-state index in [2.05, 4.69) is 11.8 Å². The maximum atomic E-state index is 10.8. The molecule has 0 spiro atoms. The van der Waals surface area contributed by atoms with Gasteiger partial charge in [0, 0.05) is 13.1 Å². The lowest BCUT2D eigenvalue weighted by atomic mass is 9.93. The highest BCUT2D eigenvalue weighted by molar-refractivity contribution is 5.87. The van der Waals surface area contributed by atoms with Crippen LogP contribution in [0.1, 0.15) is 48.5 Å². The van der Waals surface area contributed by atoms with E-state index < -0.39 is 5.97 Å². The average Bonchev–Trinajstić information content (AvgIpc) is 2.40. The van der Waals surface area contributed by atoms with Gasteiger partial charge >= 0.3 is 5.97 Å². The van der Waals surface area contributed by atoms with Crippen molar-refractivity contribution in [1.29, 1.82) is 0 Å². The molecule has 0 aliphatic carbocycles. The van der Waals surface area contributed by atoms with E-state index in [-0.39, 0.29) is 0 Å². The predicted molar refractivity (Wildman–Crippen MR) is 76.3 cm³/mol. The summed E-state index contributed by atoms with van der Waals surface area (Å²) in [4.78, 5) is 13.3. The standard InChI is InChI=1S/C16H23NO2/c1-2-4-13-5-3-10-17(11-13)12-14-6-8-15(9-7-14)16(18)19/h6-9,13H,2-5,10-12H2,1H3,(H,18,19). The first-order chi connectivity index (χ1) is 9.19. The van der Waals surface area contributed by atoms with E-state index in [0.29, 0.717) is 5.56 Å². The molecule has 0 radical (unpaired) electrons. The van der Waals surface area contributed by atoms with Crippen molar-refractivity contribution >= 4 is 5.97 Å². The second-order valence-corrected chi connectivity index (χ2v) is 5.53. The molecule has 2 rings (SSSR count). The summed E-state index contributed by atoms with van der Waals surface area (Å²) in [5.41, 5.74) is 1.58. The Morgan fingerprint density at radius 1 is 1.37 bits per heavy atom. The second kappa shape index (κ2) is 6.71. The summed E-state index contributed by atoms with van der Waals surface area (Å²) in [6.07, 6.45) is 5.25. The summed E-state index contributed by atoms with van der Waals surface area (Å²) in [6, 6.07) is 7.27. The number of carboxylic acids is 1. The molecule has 1 aliphatic heterocycles. The maximum Gasteiger partial charge on any atom is 0.335 e. The van der Waals surface area contributed by atoms with Gasteiger partial charge in [0.05, 0.1) is 5.56 Å². The molecule has 0 bridgehead atoms. The van der Waals surface area contributed by atoms with Crippen LogP contribution in [0.2, 0.25) is 0 Å². The van der Waals surface area contributed by atoms with Crippen LogP contribution in [-0.2, 0) is 6.54 Å². The van der Waals surface area contributed by atoms with Crippen LogP contribution in [0.3, 0.4) is 0 Å². The van der Waals surface area contributed by atoms with E-state index in [1.165, 1.54) is 44.3 Å². The summed E-state index contributed by atoms with van der Waals surface area (Å²) < 4.78 is 0. The van der Waals surface area contributed by atoms with E-state index in [1.54, 1.807) is 12.1 Å². The zero-order chi connectivity index (χ0) is 13.7. The van der Waals surface area contributed by atoms with Crippen molar-refractivity contribution in [1.82, 2.24) is 4.90 Å². The molecule has 0 aromatic heterocycles. The van der Waals surface area contributed by atoms with Gasteiger partial charge in [-0.15, -0.1) is 0 Å². The van der Waals surface area contributed by atoms with Crippen molar-refractivity contribution in [3.63, 3.8) is 0 Å². The number of hydrogen-bond donors (Lipinski definition) is 1. The molecule has 1 unspecified atom stereocenters. The van der Waals surface area contributed by atoms with Crippen LogP contribution in [0, 0.1) is 5.92 Å².